The van der Waals surface area contributed by atoms with E-state index in [4.69, 9.17) is 9.47 Å². The Kier molecular flexibility index (Phi) is 8.22. The number of rotatable bonds is 8. The van der Waals surface area contributed by atoms with E-state index >= 15 is 0 Å². The fourth-order valence-electron chi connectivity index (χ4n) is 3.40. The highest BCUT2D eigenvalue weighted by molar-refractivity contribution is 7.16. The maximum Gasteiger partial charge on any atom is 0.328 e. The first-order valence-electron chi connectivity index (χ1n) is 10.5. The normalized spacial score (nSPS) is 13.5. The predicted molar refractivity (Wildman–Crippen MR) is 125 cm³/mol. The number of ether oxygens (including phenoxy) is 2. The maximum absolute atomic E-state index is 12.2. The number of carbonyl (C=O) groups is 3. The van der Waals surface area contributed by atoms with Crippen molar-refractivity contribution in [2.75, 3.05) is 19.0 Å². The molecule has 0 spiro atoms. The van der Waals surface area contributed by atoms with Crippen molar-refractivity contribution in [3.8, 4) is 11.8 Å². The van der Waals surface area contributed by atoms with Gasteiger partial charge < -0.3 is 20.1 Å². The Morgan fingerprint density at radius 3 is 2.64 bits per heavy atom. The Morgan fingerprint density at radius 2 is 1.94 bits per heavy atom. The number of nitrogens with zero attached hydrogens (tertiary/aromatic N) is 1. The molecule has 0 aliphatic heterocycles. The van der Waals surface area contributed by atoms with E-state index in [0.29, 0.717) is 16.3 Å². The molecule has 1 atom stereocenters. The minimum Gasteiger partial charge on any atom is -0.497 e. The number of aryl methyl sites for hydroxylation is 1. The molecule has 0 unspecified atom stereocenters. The number of hydrogen-bond acceptors (Lipinski definition) is 7. The quantitative estimate of drug-likeness (QED) is 0.455. The van der Waals surface area contributed by atoms with Crippen molar-refractivity contribution in [2.45, 2.75) is 38.6 Å². The standard InChI is InChI=1S/C24H25N3O5S/c1-15(26-21(28)12-9-16-7-10-17(31-2)11-8-16)24(30)32-14-22(29)27-23-19(13-25)18-5-3-4-6-20(18)33-23/h7-12,15H,3-6,14H2,1-2H3,(H,26,28)(H,27,29)/b12-9+/t15-/m0/s1. The largest absolute Gasteiger partial charge is 0.497 e. The van der Waals surface area contributed by atoms with Gasteiger partial charge in [0.1, 0.15) is 22.9 Å². The van der Waals surface area contributed by atoms with Gasteiger partial charge in [0.15, 0.2) is 6.61 Å². The summed E-state index contributed by atoms with van der Waals surface area (Å²) in [5, 5.41) is 15.1. The van der Waals surface area contributed by atoms with E-state index in [1.165, 1.54) is 24.3 Å². The van der Waals surface area contributed by atoms with Crippen molar-refractivity contribution in [2.24, 2.45) is 0 Å². The van der Waals surface area contributed by atoms with Crippen molar-refractivity contribution in [1.82, 2.24) is 5.32 Å². The van der Waals surface area contributed by atoms with Gasteiger partial charge in [-0.15, -0.1) is 11.3 Å². The number of amides is 2. The van der Waals surface area contributed by atoms with Crippen molar-refractivity contribution in [3.63, 3.8) is 0 Å². The predicted octanol–water partition coefficient (Wildman–Crippen LogP) is 3.21. The molecule has 1 aromatic heterocycles. The third-order valence-electron chi connectivity index (χ3n) is 5.14. The van der Waals surface area contributed by atoms with Crippen LogP contribution in [-0.4, -0.2) is 37.5 Å². The average Bonchev–Trinajstić information content (AvgIpc) is 3.18. The number of benzene rings is 1. The highest BCUT2D eigenvalue weighted by Gasteiger charge is 2.23. The van der Waals surface area contributed by atoms with Gasteiger partial charge in [-0.05, 0) is 61.9 Å². The Balaban J connectivity index is 1.46. The molecule has 3 rings (SSSR count). The third kappa shape index (κ3) is 6.43. The zero-order chi connectivity index (χ0) is 23.8. The Hall–Kier alpha value is -3.64. The molecule has 1 aliphatic carbocycles. The molecule has 0 radical (unpaired) electrons. The van der Waals surface area contributed by atoms with Gasteiger partial charge >= 0.3 is 5.97 Å². The Labute approximate surface area is 196 Å². The molecule has 9 heteroatoms. The molecular weight excluding hydrogens is 442 g/mol. The van der Waals surface area contributed by atoms with Crippen LogP contribution in [0.25, 0.3) is 6.08 Å². The molecule has 172 valence electrons. The summed E-state index contributed by atoms with van der Waals surface area (Å²) in [7, 11) is 1.57. The SMILES string of the molecule is COc1ccc(/C=C/C(=O)N[C@@H](C)C(=O)OCC(=O)Nc2sc3c(c2C#N)CCCC3)cc1. The number of esters is 1. The van der Waals surface area contributed by atoms with Crippen LogP contribution in [-0.2, 0) is 32.0 Å². The molecule has 1 heterocycles. The lowest BCUT2D eigenvalue weighted by molar-refractivity contribution is -0.149. The van der Waals surface area contributed by atoms with E-state index in [-0.39, 0.29) is 0 Å². The van der Waals surface area contributed by atoms with Crippen LogP contribution in [0.3, 0.4) is 0 Å². The van der Waals surface area contributed by atoms with Crippen molar-refractivity contribution >= 4 is 40.2 Å². The molecule has 0 saturated heterocycles. The number of thiophene rings is 1. The molecule has 0 saturated carbocycles. The van der Waals surface area contributed by atoms with E-state index in [2.05, 4.69) is 16.7 Å². The van der Waals surface area contributed by atoms with Crippen LogP contribution in [0, 0.1) is 11.3 Å². The van der Waals surface area contributed by atoms with E-state index in [9.17, 15) is 19.6 Å². The van der Waals surface area contributed by atoms with Gasteiger partial charge in [-0.3, -0.25) is 9.59 Å². The summed E-state index contributed by atoms with van der Waals surface area (Å²) in [6.45, 7) is 0.967. The molecule has 1 aliphatic rings. The summed E-state index contributed by atoms with van der Waals surface area (Å²) >= 11 is 1.40. The second-order valence-electron chi connectivity index (χ2n) is 7.52. The maximum atomic E-state index is 12.2. The van der Waals surface area contributed by atoms with Gasteiger partial charge in [-0.2, -0.15) is 5.26 Å². The van der Waals surface area contributed by atoms with E-state index in [0.717, 1.165) is 41.7 Å². The number of hydrogen-bond donors (Lipinski definition) is 2. The number of anilines is 1. The van der Waals surface area contributed by atoms with Crippen LogP contribution in [0.5, 0.6) is 5.75 Å². The van der Waals surface area contributed by atoms with E-state index in [1.807, 2.05) is 0 Å². The molecule has 8 nitrogen and oxygen atoms in total. The number of methoxy groups -OCH3 is 1. The minimum atomic E-state index is -0.936. The van der Waals surface area contributed by atoms with Crippen LogP contribution in [0.2, 0.25) is 0 Å². The summed E-state index contributed by atoms with van der Waals surface area (Å²) in [6.07, 6.45) is 6.76. The van der Waals surface area contributed by atoms with Crippen LogP contribution >= 0.6 is 11.3 Å². The number of carbonyl (C=O) groups excluding carboxylic acids is 3. The number of nitrogens with one attached hydrogen (secondary N) is 2. The van der Waals surface area contributed by atoms with Crippen molar-refractivity contribution < 1.29 is 23.9 Å². The van der Waals surface area contributed by atoms with Gasteiger partial charge in [0.05, 0.1) is 12.7 Å². The lowest BCUT2D eigenvalue weighted by Crippen LogP contribution is -2.39. The summed E-state index contributed by atoms with van der Waals surface area (Å²) in [4.78, 5) is 37.6. The van der Waals surface area contributed by atoms with Crippen molar-refractivity contribution in [1.29, 1.82) is 5.26 Å². The lowest BCUT2D eigenvalue weighted by atomic mass is 9.96. The average molecular weight is 468 g/mol. The van der Waals surface area contributed by atoms with Crippen LogP contribution in [0.15, 0.2) is 30.3 Å². The Bertz CT molecular complexity index is 1100. The molecule has 2 aromatic rings. The first-order chi connectivity index (χ1) is 15.9. The molecule has 2 N–H and O–H groups in total. The molecule has 0 bridgehead atoms. The zero-order valence-electron chi connectivity index (χ0n) is 18.5. The molecular formula is C24H25N3O5S. The van der Waals surface area contributed by atoms with Crippen LogP contribution in [0.1, 0.15) is 41.3 Å². The fraction of sp³-hybridized carbons (Fsp3) is 0.333. The summed E-state index contributed by atoms with van der Waals surface area (Å²) in [6, 6.07) is 8.36. The minimum absolute atomic E-state index is 0.470. The van der Waals surface area contributed by atoms with Gasteiger partial charge in [-0.1, -0.05) is 12.1 Å². The summed E-state index contributed by atoms with van der Waals surface area (Å²) < 4.78 is 10.1. The topological polar surface area (TPSA) is 118 Å². The molecule has 1 aromatic carbocycles. The number of fused-ring (bicyclic) bond motifs is 1. The van der Waals surface area contributed by atoms with E-state index < -0.39 is 30.4 Å². The van der Waals surface area contributed by atoms with E-state index in [1.54, 1.807) is 37.5 Å². The second kappa shape index (κ2) is 11.3. The van der Waals surface area contributed by atoms with Crippen LogP contribution < -0.4 is 15.4 Å². The van der Waals surface area contributed by atoms with Gasteiger partial charge in [0, 0.05) is 11.0 Å². The highest BCUT2D eigenvalue weighted by Crippen LogP contribution is 2.37. The van der Waals surface area contributed by atoms with Crippen LogP contribution in [0.4, 0.5) is 5.00 Å². The van der Waals surface area contributed by atoms with Gasteiger partial charge in [0.2, 0.25) is 5.91 Å². The highest BCUT2D eigenvalue weighted by atomic mass is 32.1. The molecule has 33 heavy (non-hydrogen) atoms. The first kappa shape index (κ1) is 24.0. The number of nitriles is 1. The second-order valence-corrected chi connectivity index (χ2v) is 8.62. The molecule has 0 fully saturated rings. The molecule has 2 amide bonds. The zero-order valence-corrected chi connectivity index (χ0v) is 19.3. The smallest absolute Gasteiger partial charge is 0.328 e. The summed E-state index contributed by atoms with van der Waals surface area (Å²) in [5.41, 5.74) is 2.31. The monoisotopic (exact) mass is 467 g/mol. The van der Waals surface area contributed by atoms with Crippen molar-refractivity contribution in [3.05, 3.63) is 51.9 Å². The Morgan fingerprint density at radius 1 is 1.21 bits per heavy atom. The van der Waals surface area contributed by atoms with Gasteiger partial charge in [0.25, 0.3) is 5.91 Å². The van der Waals surface area contributed by atoms with Gasteiger partial charge in [-0.25, -0.2) is 4.79 Å². The lowest BCUT2D eigenvalue weighted by Gasteiger charge is -2.12. The fourth-order valence-corrected chi connectivity index (χ4v) is 4.66. The third-order valence-corrected chi connectivity index (χ3v) is 6.34. The summed E-state index contributed by atoms with van der Waals surface area (Å²) in [5.74, 6) is -1.03. The first-order valence-corrected chi connectivity index (χ1v) is 11.4.